The highest BCUT2D eigenvalue weighted by molar-refractivity contribution is 7.61. The van der Waals surface area contributed by atoms with Gasteiger partial charge < -0.3 is 0 Å². The van der Waals surface area contributed by atoms with E-state index >= 15 is 0 Å². The van der Waals surface area contributed by atoms with Crippen LogP contribution in [0.4, 0.5) is 0 Å². The molecule has 0 bridgehead atoms. The molecule has 98 valence electrons. The number of nitrogens with one attached hydrogen (secondary N) is 2. The van der Waals surface area contributed by atoms with Crippen molar-refractivity contribution in [1.29, 1.82) is 0 Å². The van der Waals surface area contributed by atoms with Crippen LogP contribution in [-0.2, 0) is 4.57 Å². The van der Waals surface area contributed by atoms with E-state index in [1.807, 2.05) is 62.3 Å². The molecule has 0 aromatic rings. The van der Waals surface area contributed by atoms with Crippen molar-refractivity contribution >= 4 is 7.44 Å². The van der Waals surface area contributed by atoms with Gasteiger partial charge >= 0.3 is 0 Å². The molecule has 0 aromatic carbocycles. The summed E-state index contributed by atoms with van der Waals surface area (Å²) < 4.78 is 13.0. The molecule has 4 heteroatoms. The van der Waals surface area contributed by atoms with Crippen LogP contribution >= 0.6 is 7.44 Å². The van der Waals surface area contributed by atoms with Gasteiger partial charge in [-0.2, -0.15) is 0 Å². The quantitative estimate of drug-likeness (QED) is 0.731. The summed E-state index contributed by atoms with van der Waals surface area (Å²) in [4.78, 5) is 0. The van der Waals surface area contributed by atoms with Gasteiger partial charge in [0.25, 0.3) is 0 Å². The molecule has 0 aliphatic carbocycles. The van der Waals surface area contributed by atoms with E-state index in [0.717, 1.165) is 0 Å². The van der Waals surface area contributed by atoms with Crippen LogP contribution in [0.1, 0.15) is 62.3 Å². The minimum absolute atomic E-state index is 0.166. The highest BCUT2D eigenvalue weighted by Gasteiger charge is 2.41. The maximum atomic E-state index is 13.0. The Morgan fingerprint density at radius 2 is 0.938 bits per heavy atom. The molecule has 0 fully saturated rings. The van der Waals surface area contributed by atoms with Gasteiger partial charge in [0.1, 0.15) is 0 Å². The van der Waals surface area contributed by atoms with Crippen LogP contribution in [0.3, 0.4) is 0 Å². The number of hydrogen-bond donors (Lipinski definition) is 2. The third kappa shape index (κ3) is 5.47. The van der Waals surface area contributed by atoms with Crippen molar-refractivity contribution in [2.75, 3.05) is 0 Å². The van der Waals surface area contributed by atoms with Gasteiger partial charge in [-0.1, -0.05) is 20.8 Å². The van der Waals surface area contributed by atoms with Crippen molar-refractivity contribution in [2.45, 2.75) is 78.5 Å². The minimum Gasteiger partial charge on any atom is -0.289 e. The van der Waals surface area contributed by atoms with Crippen molar-refractivity contribution in [2.24, 2.45) is 0 Å². The Morgan fingerprint density at radius 3 is 1.06 bits per heavy atom. The van der Waals surface area contributed by atoms with Crippen molar-refractivity contribution in [3.8, 4) is 0 Å². The molecular weight excluding hydrogens is 219 g/mol. The fourth-order valence-corrected chi connectivity index (χ4v) is 3.92. The zero-order chi connectivity index (χ0) is 13.4. The van der Waals surface area contributed by atoms with Gasteiger partial charge in [-0.3, -0.25) is 4.57 Å². The normalized spacial score (nSPS) is 15.3. The van der Waals surface area contributed by atoms with E-state index in [4.69, 9.17) is 0 Å². The van der Waals surface area contributed by atoms with Crippen molar-refractivity contribution in [1.82, 2.24) is 10.2 Å². The second-order valence-electron chi connectivity index (χ2n) is 7.50. The average molecular weight is 248 g/mol. The SMILES string of the molecule is CC(C)(C)NP(=O)(NC(C)(C)C)C(C)(C)C. The van der Waals surface area contributed by atoms with E-state index in [0.29, 0.717) is 0 Å². The Morgan fingerprint density at radius 1 is 0.688 bits per heavy atom. The second kappa shape index (κ2) is 4.44. The van der Waals surface area contributed by atoms with Crippen LogP contribution < -0.4 is 10.2 Å². The predicted octanol–water partition coefficient (Wildman–Crippen LogP) is 3.75. The molecule has 16 heavy (non-hydrogen) atoms. The molecule has 0 saturated carbocycles. The lowest BCUT2D eigenvalue weighted by Gasteiger charge is -2.41. The van der Waals surface area contributed by atoms with Gasteiger partial charge in [0, 0.05) is 16.2 Å². The second-order valence-corrected chi connectivity index (χ2v) is 10.5. The Labute approximate surface area is 101 Å². The third-order valence-corrected chi connectivity index (χ3v) is 5.79. The number of hydrogen-bond acceptors (Lipinski definition) is 1. The molecule has 0 spiro atoms. The summed E-state index contributed by atoms with van der Waals surface area (Å²) in [5.41, 5.74) is -0.331. The van der Waals surface area contributed by atoms with Gasteiger partial charge in [0.15, 0.2) is 0 Å². The molecule has 0 rings (SSSR count). The molecule has 0 saturated heterocycles. The summed E-state index contributed by atoms with van der Waals surface area (Å²) >= 11 is 0. The van der Waals surface area contributed by atoms with Crippen LogP contribution in [0.2, 0.25) is 0 Å². The summed E-state index contributed by atoms with van der Waals surface area (Å²) in [6.45, 7) is 18.2. The summed E-state index contributed by atoms with van der Waals surface area (Å²) in [5.74, 6) is 0. The standard InChI is InChI=1S/C12H29N2OP/c1-10(2,3)13-16(15,12(7,8)9)14-11(4,5)6/h1-9H3,(H2,13,14,15). The van der Waals surface area contributed by atoms with E-state index in [9.17, 15) is 4.57 Å². The maximum Gasteiger partial charge on any atom is 0.217 e. The Kier molecular flexibility index (Phi) is 4.48. The maximum absolute atomic E-state index is 13.0. The van der Waals surface area contributed by atoms with Crippen molar-refractivity contribution in [3.05, 3.63) is 0 Å². The molecule has 0 radical (unpaired) electrons. The zero-order valence-corrected chi connectivity index (χ0v) is 13.2. The van der Waals surface area contributed by atoms with E-state index in [1.165, 1.54) is 0 Å². The van der Waals surface area contributed by atoms with Crippen LogP contribution in [0.15, 0.2) is 0 Å². The molecule has 3 nitrogen and oxygen atoms in total. The van der Waals surface area contributed by atoms with E-state index < -0.39 is 7.44 Å². The molecule has 0 amide bonds. The fraction of sp³-hybridized carbons (Fsp3) is 1.00. The summed E-state index contributed by atoms with van der Waals surface area (Å²) in [6, 6.07) is 0. The molecule has 0 unspecified atom stereocenters. The lowest BCUT2D eigenvalue weighted by molar-refractivity contribution is 0.428. The third-order valence-electron chi connectivity index (χ3n) is 1.93. The Bertz CT molecular complexity index is 259. The Balaban J connectivity index is 5.16. The van der Waals surface area contributed by atoms with Gasteiger partial charge in [0.2, 0.25) is 7.44 Å². The van der Waals surface area contributed by atoms with E-state index in [2.05, 4.69) is 10.2 Å². The molecule has 2 N–H and O–H groups in total. The van der Waals surface area contributed by atoms with Crippen LogP contribution in [0.25, 0.3) is 0 Å². The molecule has 0 aliphatic heterocycles. The molecule has 0 aliphatic rings. The topological polar surface area (TPSA) is 41.1 Å². The molecule has 0 aromatic heterocycles. The summed E-state index contributed by atoms with van der Waals surface area (Å²) in [7, 11) is -2.65. The predicted molar refractivity (Wildman–Crippen MR) is 73.1 cm³/mol. The monoisotopic (exact) mass is 248 g/mol. The largest absolute Gasteiger partial charge is 0.289 e. The van der Waals surface area contributed by atoms with Crippen molar-refractivity contribution < 1.29 is 4.57 Å². The van der Waals surface area contributed by atoms with Crippen molar-refractivity contribution in [3.63, 3.8) is 0 Å². The molecular formula is C12H29N2OP. The zero-order valence-electron chi connectivity index (χ0n) is 12.4. The van der Waals surface area contributed by atoms with Gasteiger partial charge in [0.05, 0.1) is 0 Å². The Hall–Kier alpha value is 0.150. The summed E-state index contributed by atoms with van der Waals surface area (Å²) in [6.07, 6.45) is 0. The first-order chi connectivity index (χ1) is 6.66. The van der Waals surface area contributed by atoms with Gasteiger partial charge in [-0.05, 0) is 41.5 Å². The molecule has 0 heterocycles. The van der Waals surface area contributed by atoms with Crippen LogP contribution in [-0.4, -0.2) is 16.2 Å². The first-order valence-corrected chi connectivity index (χ1v) is 7.56. The first kappa shape index (κ1) is 16.1. The number of rotatable bonds is 2. The summed E-state index contributed by atoms with van der Waals surface area (Å²) in [5, 5.41) is 6.25. The molecule has 0 atom stereocenters. The van der Waals surface area contributed by atoms with Gasteiger partial charge in [-0.15, -0.1) is 0 Å². The van der Waals surface area contributed by atoms with E-state index in [1.54, 1.807) is 0 Å². The van der Waals surface area contributed by atoms with E-state index in [-0.39, 0.29) is 16.2 Å². The highest BCUT2D eigenvalue weighted by atomic mass is 31.2. The smallest absolute Gasteiger partial charge is 0.217 e. The minimum atomic E-state index is -2.65. The van der Waals surface area contributed by atoms with Gasteiger partial charge in [-0.25, -0.2) is 10.2 Å². The van der Waals surface area contributed by atoms with Crippen LogP contribution in [0.5, 0.6) is 0 Å². The average Bonchev–Trinajstić information content (AvgIpc) is 1.72. The fourth-order valence-electron chi connectivity index (χ4n) is 1.31. The lowest BCUT2D eigenvalue weighted by atomic mass is 10.1. The highest BCUT2D eigenvalue weighted by Crippen LogP contribution is 2.53. The lowest BCUT2D eigenvalue weighted by Crippen LogP contribution is -2.48. The van der Waals surface area contributed by atoms with Crippen LogP contribution in [0, 0.1) is 0 Å². The first-order valence-electron chi connectivity index (χ1n) is 5.85.